The molecule has 2 heterocycles. The number of amides is 2. The molecule has 1 fully saturated rings. The minimum Gasteiger partial charge on any atom is -0.491 e. The maximum absolute atomic E-state index is 13.4. The second-order valence-corrected chi connectivity index (χ2v) is 14.3. The zero-order valence-corrected chi connectivity index (χ0v) is 30.6. The number of carbonyl (C=O) groups is 2. The Kier molecular flexibility index (Phi) is 13.6. The number of aryl methyl sites for hydroxylation is 1. The number of anilines is 2. The molecule has 2 amide bonds. The molecular formula is C40H49N5O5S. The summed E-state index contributed by atoms with van der Waals surface area (Å²) < 4.78 is 26.6. The Morgan fingerprint density at radius 2 is 1.76 bits per heavy atom. The molecule has 0 spiro atoms. The number of imidazole rings is 1. The summed E-state index contributed by atoms with van der Waals surface area (Å²) in [7, 11) is -1.25. The van der Waals surface area contributed by atoms with Gasteiger partial charge in [-0.05, 0) is 97.5 Å². The van der Waals surface area contributed by atoms with Gasteiger partial charge in [-0.2, -0.15) is 0 Å². The molecule has 2 atom stereocenters. The van der Waals surface area contributed by atoms with Crippen molar-refractivity contribution < 1.29 is 23.3 Å². The fourth-order valence-electron chi connectivity index (χ4n) is 6.01. The summed E-state index contributed by atoms with van der Waals surface area (Å²) in [4.78, 5) is 32.4. The van der Waals surface area contributed by atoms with E-state index < -0.39 is 10.8 Å². The highest BCUT2D eigenvalue weighted by atomic mass is 32.2. The third-order valence-corrected chi connectivity index (χ3v) is 10.3. The van der Waals surface area contributed by atoms with Crippen LogP contribution in [-0.2, 0) is 37.4 Å². The number of unbranched alkanes of at least 4 members (excludes halogenated alkanes) is 1. The highest BCUT2D eigenvalue weighted by molar-refractivity contribution is 7.84. The number of nitrogens with one attached hydrogen (secondary N) is 1. The van der Waals surface area contributed by atoms with Gasteiger partial charge >= 0.3 is 0 Å². The van der Waals surface area contributed by atoms with E-state index in [1.54, 1.807) is 43.7 Å². The van der Waals surface area contributed by atoms with E-state index in [1.807, 2.05) is 41.0 Å². The molecule has 1 unspecified atom stereocenters. The standard InChI is InChI=1S/C40H49N5O5S/c1-4-6-20-49-21-22-50-36-12-7-30(8-13-36)31-9-16-38(44-19-17-32(26-44)39(41)46)33(24-31)23-29(3)40(47)43-34-10-14-37(15-11-34)51(48)27-35-25-42-28-45(35)18-5-2/h7-16,23-25,28,32H,4-6,17-22,26-27H2,1-3H3,(H2,41,46)(H,43,47)/t32?,51-/m0/s1. The number of carbonyl (C=O) groups excluding carboxylic acids is 2. The van der Waals surface area contributed by atoms with E-state index in [9.17, 15) is 13.8 Å². The number of rotatable bonds is 18. The number of hydrogen-bond acceptors (Lipinski definition) is 7. The third-order valence-electron chi connectivity index (χ3n) is 8.93. The van der Waals surface area contributed by atoms with E-state index >= 15 is 0 Å². The summed E-state index contributed by atoms with van der Waals surface area (Å²) in [5.74, 6) is 0.384. The zero-order valence-electron chi connectivity index (χ0n) is 29.8. The molecule has 5 rings (SSSR count). The molecule has 1 aromatic heterocycles. The van der Waals surface area contributed by atoms with Gasteiger partial charge in [0.15, 0.2) is 0 Å². The van der Waals surface area contributed by atoms with Gasteiger partial charge in [0.2, 0.25) is 5.91 Å². The minimum absolute atomic E-state index is 0.216. The monoisotopic (exact) mass is 711 g/mol. The Bertz CT molecular complexity index is 1820. The fourth-order valence-corrected chi connectivity index (χ4v) is 7.12. The van der Waals surface area contributed by atoms with Crippen molar-refractivity contribution in [2.45, 2.75) is 63.6 Å². The van der Waals surface area contributed by atoms with Crippen LogP contribution in [0.5, 0.6) is 5.75 Å². The number of ether oxygens (including phenoxy) is 2. The van der Waals surface area contributed by atoms with E-state index in [-0.39, 0.29) is 17.7 Å². The third kappa shape index (κ3) is 10.4. The lowest BCUT2D eigenvalue weighted by Crippen LogP contribution is -2.27. The molecule has 1 aliphatic heterocycles. The lowest BCUT2D eigenvalue weighted by molar-refractivity contribution is -0.121. The van der Waals surface area contributed by atoms with Crippen LogP contribution < -0.4 is 20.7 Å². The van der Waals surface area contributed by atoms with Crippen molar-refractivity contribution >= 4 is 40.1 Å². The summed E-state index contributed by atoms with van der Waals surface area (Å²) in [6, 6.07) is 21.2. The van der Waals surface area contributed by atoms with E-state index in [2.05, 4.69) is 41.2 Å². The number of primary amides is 1. The molecular weight excluding hydrogens is 663 g/mol. The molecule has 3 aromatic carbocycles. The lowest BCUT2D eigenvalue weighted by atomic mass is 9.99. The number of benzene rings is 3. The van der Waals surface area contributed by atoms with Gasteiger partial charge in [0, 0.05) is 54.3 Å². The molecule has 0 saturated carbocycles. The number of aromatic nitrogens is 2. The Hall–Kier alpha value is -4.74. The van der Waals surface area contributed by atoms with Crippen molar-refractivity contribution in [2.75, 3.05) is 43.1 Å². The molecule has 270 valence electrons. The molecule has 0 bridgehead atoms. The van der Waals surface area contributed by atoms with Crippen LogP contribution in [0.2, 0.25) is 0 Å². The molecule has 4 aromatic rings. The highest BCUT2D eigenvalue weighted by Crippen LogP contribution is 2.33. The summed E-state index contributed by atoms with van der Waals surface area (Å²) in [6.45, 7) is 9.87. The molecule has 1 aliphatic rings. The Morgan fingerprint density at radius 3 is 2.47 bits per heavy atom. The van der Waals surface area contributed by atoms with Gasteiger partial charge in [0.1, 0.15) is 12.4 Å². The van der Waals surface area contributed by atoms with Crippen molar-refractivity contribution in [3.05, 3.63) is 96.1 Å². The smallest absolute Gasteiger partial charge is 0.251 e. The van der Waals surface area contributed by atoms with Crippen molar-refractivity contribution in [3.63, 3.8) is 0 Å². The molecule has 10 nitrogen and oxygen atoms in total. The van der Waals surface area contributed by atoms with Crippen LogP contribution in [-0.4, -0.2) is 58.5 Å². The topological polar surface area (TPSA) is 129 Å². The predicted molar refractivity (Wildman–Crippen MR) is 204 cm³/mol. The quantitative estimate of drug-likeness (QED) is 0.0857. The van der Waals surface area contributed by atoms with Crippen LogP contribution in [0.15, 0.2) is 89.7 Å². The van der Waals surface area contributed by atoms with Gasteiger partial charge in [0.25, 0.3) is 5.91 Å². The van der Waals surface area contributed by atoms with Crippen molar-refractivity contribution in [1.82, 2.24) is 9.55 Å². The van der Waals surface area contributed by atoms with Gasteiger partial charge in [-0.1, -0.05) is 38.5 Å². The SMILES string of the molecule is CCCCOCCOc1ccc(-c2ccc(N3CCC(C(N)=O)C3)c(C=C(C)C(=O)Nc3ccc([S@@](=O)Cc4cncn4CCC)cc3)c2)cc1. The van der Waals surface area contributed by atoms with Crippen LogP contribution in [0.3, 0.4) is 0 Å². The fraction of sp³-hybridized carbons (Fsp3) is 0.375. The Morgan fingerprint density at radius 1 is 1.00 bits per heavy atom. The van der Waals surface area contributed by atoms with E-state index in [0.29, 0.717) is 54.6 Å². The average molecular weight is 712 g/mol. The van der Waals surface area contributed by atoms with E-state index in [0.717, 1.165) is 66.2 Å². The number of hydrogen-bond donors (Lipinski definition) is 2. The van der Waals surface area contributed by atoms with E-state index in [1.165, 1.54) is 0 Å². The molecule has 51 heavy (non-hydrogen) atoms. The lowest BCUT2D eigenvalue weighted by Gasteiger charge is -2.22. The van der Waals surface area contributed by atoms with Crippen LogP contribution in [0, 0.1) is 5.92 Å². The Labute approximate surface area is 303 Å². The summed E-state index contributed by atoms with van der Waals surface area (Å²) in [5.41, 5.74) is 11.5. The first-order valence-electron chi connectivity index (χ1n) is 17.7. The number of nitrogens with zero attached hydrogens (tertiary/aromatic N) is 3. The molecule has 3 N–H and O–H groups in total. The summed E-state index contributed by atoms with van der Waals surface area (Å²) in [5, 5.41) is 2.98. The minimum atomic E-state index is -1.25. The molecule has 11 heteroatoms. The van der Waals surface area contributed by atoms with Gasteiger partial charge in [0.05, 0.1) is 41.1 Å². The maximum Gasteiger partial charge on any atom is 0.251 e. The largest absolute Gasteiger partial charge is 0.491 e. The van der Waals surface area contributed by atoms with Gasteiger partial charge in [-0.15, -0.1) is 0 Å². The summed E-state index contributed by atoms with van der Waals surface area (Å²) >= 11 is 0. The zero-order chi connectivity index (χ0) is 36.2. The first-order chi connectivity index (χ1) is 24.7. The molecule has 0 radical (unpaired) electrons. The van der Waals surface area contributed by atoms with E-state index in [4.69, 9.17) is 15.2 Å². The number of nitrogens with two attached hydrogens (primary N) is 1. The maximum atomic E-state index is 13.4. The van der Waals surface area contributed by atoms with Gasteiger partial charge < -0.3 is 30.0 Å². The van der Waals surface area contributed by atoms with Crippen LogP contribution in [0.4, 0.5) is 11.4 Å². The van der Waals surface area contributed by atoms with Crippen LogP contribution >= 0.6 is 0 Å². The summed E-state index contributed by atoms with van der Waals surface area (Å²) in [6.07, 6.45) is 9.22. The Balaban J connectivity index is 1.29. The highest BCUT2D eigenvalue weighted by Gasteiger charge is 2.28. The molecule has 0 aliphatic carbocycles. The predicted octanol–water partition coefficient (Wildman–Crippen LogP) is 6.82. The van der Waals surface area contributed by atoms with Gasteiger partial charge in [-0.3, -0.25) is 13.8 Å². The van der Waals surface area contributed by atoms with Crippen LogP contribution in [0.1, 0.15) is 57.7 Å². The second-order valence-electron chi connectivity index (χ2n) is 12.8. The van der Waals surface area contributed by atoms with Crippen molar-refractivity contribution in [1.29, 1.82) is 0 Å². The van der Waals surface area contributed by atoms with Crippen LogP contribution in [0.25, 0.3) is 17.2 Å². The first kappa shape index (κ1) is 37.5. The van der Waals surface area contributed by atoms with Crippen molar-refractivity contribution in [3.8, 4) is 16.9 Å². The first-order valence-corrected chi connectivity index (χ1v) is 19.0. The van der Waals surface area contributed by atoms with Crippen molar-refractivity contribution in [2.24, 2.45) is 11.7 Å². The normalized spacial score (nSPS) is 15.2. The van der Waals surface area contributed by atoms with Gasteiger partial charge in [-0.25, -0.2) is 4.98 Å². The second kappa shape index (κ2) is 18.5. The average Bonchev–Trinajstić information content (AvgIpc) is 3.81. The molecule has 1 saturated heterocycles.